The Kier molecular flexibility index (Phi) is 4.77. The Morgan fingerprint density at radius 1 is 1.56 bits per heavy atom. The highest BCUT2D eigenvalue weighted by Crippen LogP contribution is 2.21. The van der Waals surface area contributed by atoms with E-state index in [1.807, 2.05) is 0 Å². The van der Waals surface area contributed by atoms with E-state index in [-0.39, 0.29) is 23.2 Å². The molecule has 0 N–H and O–H groups in total. The van der Waals surface area contributed by atoms with Crippen molar-refractivity contribution < 1.29 is 13.9 Å². The van der Waals surface area contributed by atoms with Gasteiger partial charge in [0.15, 0.2) is 5.78 Å². The summed E-state index contributed by atoms with van der Waals surface area (Å²) < 4.78 is 18.1. The van der Waals surface area contributed by atoms with Gasteiger partial charge in [-0.15, -0.1) is 0 Å². The minimum absolute atomic E-state index is 0.00517. The minimum atomic E-state index is -0.481. The fourth-order valence-electron chi connectivity index (χ4n) is 1.08. The predicted molar refractivity (Wildman–Crippen MR) is 61.7 cm³/mol. The van der Waals surface area contributed by atoms with Crippen LogP contribution in [0.3, 0.4) is 0 Å². The fourth-order valence-corrected chi connectivity index (χ4v) is 1.20. The smallest absolute Gasteiger partial charge is 0.163 e. The summed E-state index contributed by atoms with van der Waals surface area (Å²) in [5, 5.41) is 0.264. The molecule has 86 valence electrons. The van der Waals surface area contributed by atoms with E-state index < -0.39 is 5.82 Å². The monoisotopic (exact) mass is 262 g/mol. The highest BCUT2D eigenvalue weighted by Gasteiger charge is 2.10. The summed E-state index contributed by atoms with van der Waals surface area (Å²) in [7, 11) is 0. The molecule has 0 bridgehead atoms. The fraction of sp³-hybridized carbons (Fsp3) is 0.182. The second kappa shape index (κ2) is 5.87. The van der Waals surface area contributed by atoms with E-state index in [1.54, 1.807) is 0 Å². The summed E-state index contributed by atoms with van der Waals surface area (Å²) in [6, 6.07) is 3.70. The zero-order valence-corrected chi connectivity index (χ0v) is 9.98. The number of benzene rings is 1. The number of ketones is 1. The first-order valence-corrected chi connectivity index (χ1v) is 5.24. The van der Waals surface area contributed by atoms with Crippen LogP contribution in [0.2, 0.25) is 0 Å². The molecule has 0 aromatic heterocycles. The molecule has 0 radical (unpaired) electrons. The van der Waals surface area contributed by atoms with Crippen LogP contribution < -0.4 is 4.74 Å². The third kappa shape index (κ3) is 3.51. The van der Waals surface area contributed by atoms with Gasteiger partial charge < -0.3 is 4.74 Å². The molecule has 0 saturated carbocycles. The van der Waals surface area contributed by atoms with Crippen LogP contribution in [0.15, 0.2) is 28.8 Å². The van der Waals surface area contributed by atoms with Crippen molar-refractivity contribution in [3.63, 3.8) is 0 Å². The third-order valence-electron chi connectivity index (χ3n) is 1.81. The molecule has 1 aromatic carbocycles. The number of carbonyl (C=O) groups excluding carboxylic acids is 1. The second-order valence-corrected chi connectivity index (χ2v) is 3.75. The van der Waals surface area contributed by atoms with E-state index in [0.29, 0.717) is 5.56 Å². The van der Waals surface area contributed by atoms with Crippen LogP contribution in [0.25, 0.3) is 0 Å². The lowest BCUT2D eigenvalue weighted by Gasteiger charge is -2.08. The number of hydrogen-bond donors (Lipinski definition) is 0. The Morgan fingerprint density at radius 3 is 2.81 bits per heavy atom. The van der Waals surface area contributed by atoms with Gasteiger partial charge in [-0.05, 0) is 19.1 Å². The largest absolute Gasteiger partial charge is 0.487 e. The Balaban J connectivity index is 2.92. The summed E-state index contributed by atoms with van der Waals surface area (Å²) >= 11 is 10.9. The van der Waals surface area contributed by atoms with Crippen molar-refractivity contribution in [3.8, 4) is 5.75 Å². The van der Waals surface area contributed by atoms with E-state index in [2.05, 4.69) is 0 Å². The van der Waals surface area contributed by atoms with E-state index >= 15 is 0 Å². The van der Waals surface area contributed by atoms with Crippen molar-refractivity contribution >= 4 is 29.0 Å². The van der Waals surface area contributed by atoms with Gasteiger partial charge in [0.25, 0.3) is 0 Å². The molecule has 0 amide bonds. The Morgan fingerprint density at radius 2 is 2.25 bits per heavy atom. The molecular weight excluding hydrogens is 254 g/mol. The first kappa shape index (κ1) is 13.0. The molecule has 0 atom stereocenters. The summed E-state index contributed by atoms with van der Waals surface area (Å²) in [6.45, 7) is 1.37. The maximum absolute atomic E-state index is 13.0. The number of halogens is 3. The van der Waals surface area contributed by atoms with Crippen molar-refractivity contribution in [1.29, 1.82) is 0 Å². The van der Waals surface area contributed by atoms with Crippen LogP contribution >= 0.6 is 23.2 Å². The van der Waals surface area contributed by atoms with E-state index in [1.165, 1.54) is 19.1 Å². The molecule has 0 spiro atoms. The Bertz CT molecular complexity index is 430. The van der Waals surface area contributed by atoms with Gasteiger partial charge in [-0.1, -0.05) is 23.2 Å². The first-order valence-electron chi connectivity index (χ1n) is 4.42. The summed E-state index contributed by atoms with van der Waals surface area (Å²) in [6.07, 6.45) is 0. The van der Waals surface area contributed by atoms with Gasteiger partial charge in [-0.2, -0.15) is 0 Å². The standard InChI is InChI=1S/C11H9Cl2FO2/c1-7(15)10-3-2-9(14)4-11(10)16-6-8(13)5-12/h2-5H,6H2,1H3. The minimum Gasteiger partial charge on any atom is -0.487 e. The van der Waals surface area contributed by atoms with E-state index in [9.17, 15) is 9.18 Å². The molecule has 0 aliphatic carbocycles. The lowest BCUT2D eigenvalue weighted by molar-refractivity contribution is 0.101. The second-order valence-electron chi connectivity index (χ2n) is 3.04. The van der Waals surface area contributed by atoms with Crippen LogP contribution in [-0.4, -0.2) is 12.4 Å². The average molecular weight is 263 g/mol. The lowest BCUT2D eigenvalue weighted by atomic mass is 10.1. The molecule has 0 fully saturated rings. The zero-order chi connectivity index (χ0) is 12.1. The van der Waals surface area contributed by atoms with Gasteiger partial charge in [-0.3, -0.25) is 4.79 Å². The van der Waals surface area contributed by atoms with Crippen molar-refractivity contribution in [2.45, 2.75) is 6.92 Å². The van der Waals surface area contributed by atoms with E-state index in [4.69, 9.17) is 27.9 Å². The van der Waals surface area contributed by atoms with Gasteiger partial charge in [-0.25, -0.2) is 4.39 Å². The maximum atomic E-state index is 13.0. The molecule has 16 heavy (non-hydrogen) atoms. The van der Waals surface area contributed by atoms with Gasteiger partial charge in [0.2, 0.25) is 0 Å². The quantitative estimate of drug-likeness (QED) is 0.774. The van der Waals surface area contributed by atoms with Gasteiger partial charge in [0.05, 0.1) is 10.6 Å². The molecule has 1 rings (SSSR count). The van der Waals surface area contributed by atoms with Crippen molar-refractivity contribution in [2.75, 3.05) is 6.61 Å². The van der Waals surface area contributed by atoms with Crippen LogP contribution in [0, 0.1) is 5.82 Å². The summed E-state index contributed by atoms with van der Waals surface area (Å²) in [5.41, 5.74) is 1.45. The number of ether oxygens (including phenoxy) is 1. The normalized spacial score (nSPS) is 11.4. The first-order chi connectivity index (χ1) is 7.54. The topological polar surface area (TPSA) is 26.3 Å². The Hall–Kier alpha value is -1.06. The lowest BCUT2D eigenvalue weighted by Crippen LogP contribution is -2.03. The SMILES string of the molecule is CC(=O)c1ccc(F)cc1OCC(Cl)=CCl. The number of carbonyl (C=O) groups is 1. The number of Topliss-reactive ketones (excluding diaryl/α,β-unsaturated/α-hetero) is 1. The van der Waals surface area contributed by atoms with Gasteiger partial charge in [0, 0.05) is 11.6 Å². The number of rotatable bonds is 4. The zero-order valence-electron chi connectivity index (χ0n) is 8.47. The highest BCUT2D eigenvalue weighted by atomic mass is 35.5. The van der Waals surface area contributed by atoms with Gasteiger partial charge >= 0.3 is 0 Å². The molecule has 1 aromatic rings. The van der Waals surface area contributed by atoms with Crippen molar-refractivity contribution in [3.05, 3.63) is 40.1 Å². The molecular formula is C11H9Cl2FO2. The van der Waals surface area contributed by atoms with Crippen molar-refractivity contribution in [2.24, 2.45) is 0 Å². The molecule has 0 aliphatic heterocycles. The highest BCUT2D eigenvalue weighted by molar-refractivity contribution is 6.36. The molecule has 2 nitrogen and oxygen atoms in total. The van der Waals surface area contributed by atoms with Crippen LogP contribution in [0.5, 0.6) is 5.75 Å². The molecule has 0 saturated heterocycles. The molecule has 5 heteroatoms. The van der Waals surface area contributed by atoms with Crippen LogP contribution in [0.1, 0.15) is 17.3 Å². The van der Waals surface area contributed by atoms with Crippen LogP contribution in [0.4, 0.5) is 4.39 Å². The van der Waals surface area contributed by atoms with Gasteiger partial charge in [0.1, 0.15) is 18.2 Å². The van der Waals surface area contributed by atoms with E-state index in [0.717, 1.165) is 11.6 Å². The molecule has 0 aliphatic rings. The summed E-state index contributed by atoms with van der Waals surface area (Å²) in [5.74, 6) is -0.531. The average Bonchev–Trinajstić information content (AvgIpc) is 2.25. The maximum Gasteiger partial charge on any atom is 0.163 e. The van der Waals surface area contributed by atoms with Crippen molar-refractivity contribution in [1.82, 2.24) is 0 Å². The Labute approximate surface area is 103 Å². The molecule has 0 unspecified atom stereocenters. The third-order valence-corrected chi connectivity index (χ3v) is 2.40. The predicted octanol–water partition coefficient (Wildman–Crippen LogP) is 3.73. The molecule has 0 heterocycles. The number of hydrogen-bond acceptors (Lipinski definition) is 2. The van der Waals surface area contributed by atoms with Crippen LogP contribution in [-0.2, 0) is 0 Å². The summed E-state index contributed by atoms with van der Waals surface area (Å²) in [4.78, 5) is 11.2.